The van der Waals surface area contributed by atoms with E-state index in [9.17, 15) is 10.1 Å². The molecule has 2 aromatic carbocycles. The molecule has 0 spiro atoms. The number of nitrogens with zero attached hydrogens (tertiary/aromatic N) is 4. The minimum atomic E-state index is -0.577. The molecule has 150 valence electrons. The first-order valence-corrected chi connectivity index (χ1v) is 9.37. The highest BCUT2D eigenvalue weighted by molar-refractivity contribution is 6.30. The Morgan fingerprint density at radius 3 is 2.70 bits per heavy atom. The summed E-state index contributed by atoms with van der Waals surface area (Å²) in [7, 11) is 0. The standard InChI is InChI=1S/C21H16ClN5O3/c1-12-10-15(22)8-9-16(12)26-20-19(27(28)29)21(24-11-23-20)30-17-5-3-4-14-7-6-13(2)25-18(14)17/h3-11H,1-2H3,(H,23,24,26). The van der Waals surface area contributed by atoms with Gasteiger partial charge in [-0.05, 0) is 49.7 Å². The molecule has 1 N–H and O–H groups in total. The van der Waals surface area contributed by atoms with Gasteiger partial charge >= 0.3 is 11.6 Å². The molecule has 2 heterocycles. The predicted molar refractivity (Wildman–Crippen MR) is 115 cm³/mol. The van der Waals surface area contributed by atoms with Gasteiger partial charge in [-0.2, -0.15) is 4.98 Å². The molecule has 4 rings (SSSR count). The van der Waals surface area contributed by atoms with E-state index in [2.05, 4.69) is 20.3 Å². The van der Waals surface area contributed by atoms with Crippen LogP contribution in [0.4, 0.5) is 17.2 Å². The number of anilines is 2. The van der Waals surface area contributed by atoms with Crippen molar-refractivity contribution in [3.05, 3.63) is 81.3 Å². The van der Waals surface area contributed by atoms with Crippen molar-refractivity contribution in [2.24, 2.45) is 0 Å². The fourth-order valence-corrected chi connectivity index (χ4v) is 3.22. The van der Waals surface area contributed by atoms with E-state index in [1.54, 1.807) is 30.3 Å². The van der Waals surface area contributed by atoms with Crippen molar-refractivity contribution in [3.63, 3.8) is 0 Å². The number of hydrogen-bond acceptors (Lipinski definition) is 7. The lowest BCUT2D eigenvalue weighted by Crippen LogP contribution is -2.04. The minimum Gasteiger partial charge on any atom is -0.431 e. The van der Waals surface area contributed by atoms with E-state index in [1.165, 1.54) is 6.33 Å². The molecule has 9 heteroatoms. The number of nitro groups is 1. The Hall–Kier alpha value is -3.78. The first kappa shape index (κ1) is 19.5. The van der Waals surface area contributed by atoms with Crippen molar-refractivity contribution < 1.29 is 9.66 Å². The minimum absolute atomic E-state index is 0.0137. The molecular formula is C21H16ClN5O3. The number of aryl methyl sites for hydroxylation is 2. The third-order valence-corrected chi connectivity index (χ3v) is 4.68. The van der Waals surface area contributed by atoms with Crippen LogP contribution in [0.2, 0.25) is 5.02 Å². The van der Waals surface area contributed by atoms with Crippen LogP contribution in [0.3, 0.4) is 0 Å². The number of ether oxygens (including phenoxy) is 1. The monoisotopic (exact) mass is 421 g/mol. The zero-order valence-electron chi connectivity index (χ0n) is 16.1. The molecule has 0 aliphatic heterocycles. The smallest absolute Gasteiger partial charge is 0.373 e. The Morgan fingerprint density at radius 1 is 1.10 bits per heavy atom. The van der Waals surface area contributed by atoms with Crippen LogP contribution in [0.1, 0.15) is 11.3 Å². The van der Waals surface area contributed by atoms with E-state index in [0.717, 1.165) is 16.6 Å². The van der Waals surface area contributed by atoms with Gasteiger partial charge in [0.25, 0.3) is 0 Å². The molecule has 30 heavy (non-hydrogen) atoms. The SMILES string of the molecule is Cc1ccc2cccc(Oc3ncnc(Nc4ccc(Cl)cc4C)c3[N+](=O)[O-])c2n1. The van der Waals surface area contributed by atoms with Crippen LogP contribution in [-0.4, -0.2) is 19.9 Å². The maximum atomic E-state index is 11.8. The van der Waals surface area contributed by atoms with Crippen molar-refractivity contribution in [3.8, 4) is 11.6 Å². The summed E-state index contributed by atoms with van der Waals surface area (Å²) in [6.07, 6.45) is 1.21. The summed E-state index contributed by atoms with van der Waals surface area (Å²) < 4.78 is 5.85. The zero-order valence-corrected chi connectivity index (χ0v) is 16.8. The van der Waals surface area contributed by atoms with Crippen LogP contribution in [0.15, 0.2) is 54.9 Å². The van der Waals surface area contributed by atoms with Crippen molar-refractivity contribution >= 4 is 39.7 Å². The largest absolute Gasteiger partial charge is 0.431 e. The maximum absolute atomic E-state index is 11.8. The summed E-state index contributed by atoms with van der Waals surface area (Å²) in [5.74, 6) is 0.200. The van der Waals surface area contributed by atoms with E-state index < -0.39 is 4.92 Å². The molecule has 8 nitrogen and oxygen atoms in total. The van der Waals surface area contributed by atoms with Gasteiger partial charge in [-0.25, -0.2) is 9.97 Å². The van der Waals surface area contributed by atoms with Crippen LogP contribution in [0, 0.1) is 24.0 Å². The van der Waals surface area contributed by atoms with Crippen molar-refractivity contribution in [1.29, 1.82) is 0 Å². The quantitative estimate of drug-likeness (QED) is 0.323. The number of para-hydroxylation sites is 1. The van der Waals surface area contributed by atoms with Gasteiger partial charge in [-0.3, -0.25) is 10.1 Å². The molecule has 0 radical (unpaired) electrons. The zero-order chi connectivity index (χ0) is 21.3. The second-order valence-corrected chi connectivity index (χ2v) is 7.04. The Labute approximate surface area is 176 Å². The van der Waals surface area contributed by atoms with E-state index in [-0.39, 0.29) is 17.4 Å². The number of rotatable bonds is 5. The number of pyridine rings is 1. The Morgan fingerprint density at radius 2 is 1.93 bits per heavy atom. The van der Waals surface area contributed by atoms with Gasteiger partial charge in [0.05, 0.1) is 4.92 Å². The molecule has 0 unspecified atom stereocenters. The van der Waals surface area contributed by atoms with Gasteiger partial charge in [0, 0.05) is 21.8 Å². The van der Waals surface area contributed by atoms with E-state index in [4.69, 9.17) is 16.3 Å². The van der Waals surface area contributed by atoms with Gasteiger partial charge < -0.3 is 10.1 Å². The average molecular weight is 422 g/mol. The highest BCUT2D eigenvalue weighted by atomic mass is 35.5. The lowest BCUT2D eigenvalue weighted by Gasteiger charge is -2.12. The first-order valence-electron chi connectivity index (χ1n) is 8.99. The highest BCUT2D eigenvalue weighted by Crippen LogP contribution is 2.37. The third kappa shape index (κ3) is 3.85. The Bertz CT molecular complexity index is 1280. The molecular weight excluding hydrogens is 406 g/mol. The molecule has 0 fully saturated rings. The molecule has 0 saturated heterocycles. The summed E-state index contributed by atoms with van der Waals surface area (Å²) in [5, 5.41) is 16.2. The molecule has 0 saturated carbocycles. The number of hydrogen-bond donors (Lipinski definition) is 1. The maximum Gasteiger partial charge on any atom is 0.373 e. The van der Waals surface area contributed by atoms with Crippen molar-refractivity contribution in [2.45, 2.75) is 13.8 Å². The summed E-state index contributed by atoms with van der Waals surface area (Å²) in [6.45, 7) is 3.70. The second-order valence-electron chi connectivity index (χ2n) is 6.60. The molecule has 0 amide bonds. The fourth-order valence-electron chi connectivity index (χ4n) is 2.99. The van der Waals surface area contributed by atoms with Gasteiger partial charge in [0.1, 0.15) is 11.8 Å². The van der Waals surface area contributed by atoms with Crippen LogP contribution in [-0.2, 0) is 0 Å². The molecule has 2 aromatic heterocycles. The van der Waals surface area contributed by atoms with E-state index in [1.807, 2.05) is 32.0 Å². The van der Waals surface area contributed by atoms with Crippen LogP contribution in [0.5, 0.6) is 11.6 Å². The second kappa shape index (κ2) is 7.92. The number of fused-ring (bicyclic) bond motifs is 1. The summed E-state index contributed by atoms with van der Waals surface area (Å²) >= 11 is 5.99. The van der Waals surface area contributed by atoms with Gasteiger partial charge in [-0.1, -0.05) is 29.8 Å². The lowest BCUT2D eigenvalue weighted by atomic mass is 10.2. The summed E-state index contributed by atoms with van der Waals surface area (Å²) in [5.41, 5.74) is 2.46. The van der Waals surface area contributed by atoms with Crippen LogP contribution in [0.25, 0.3) is 10.9 Å². The number of halogens is 1. The van der Waals surface area contributed by atoms with Gasteiger partial charge in [-0.15, -0.1) is 0 Å². The summed E-state index contributed by atoms with van der Waals surface area (Å²) in [6, 6.07) is 14.3. The molecule has 0 aliphatic carbocycles. The Kier molecular flexibility index (Phi) is 5.16. The number of benzene rings is 2. The normalized spacial score (nSPS) is 10.8. The van der Waals surface area contributed by atoms with Gasteiger partial charge in [0.15, 0.2) is 5.75 Å². The van der Waals surface area contributed by atoms with Crippen molar-refractivity contribution in [1.82, 2.24) is 15.0 Å². The number of aromatic nitrogens is 3. The van der Waals surface area contributed by atoms with Gasteiger partial charge in [0.2, 0.25) is 5.82 Å². The van der Waals surface area contributed by atoms with Crippen molar-refractivity contribution in [2.75, 3.05) is 5.32 Å². The fraction of sp³-hybridized carbons (Fsp3) is 0.0952. The topological polar surface area (TPSA) is 103 Å². The molecule has 4 aromatic rings. The number of nitrogens with one attached hydrogen (secondary N) is 1. The van der Waals surface area contributed by atoms with E-state index >= 15 is 0 Å². The average Bonchev–Trinajstić information content (AvgIpc) is 2.70. The van der Waals surface area contributed by atoms with Crippen LogP contribution >= 0.6 is 11.6 Å². The Balaban J connectivity index is 1.77. The molecule has 0 aliphatic rings. The first-order chi connectivity index (χ1) is 14.4. The third-order valence-electron chi connectivity index (χ3n) is 4.44. The predicted octanol–water partition coefficient (Wildman–Crippen LogP) is 5.74. The van der Waals surface area contributed by atoms with Crippen LogP contribution < -0.4 is 10.1 Å². The molecule has 0 atom stereocenters. The molecule has 0 bridgehead atoms. The lowest BCUT2D eigenvalue weighted by molar-refractivity contribution is -0.385. The van der Waals surface area contributed by atoms with E-state index in [0.29, 0.717) is 22.0 Å². The summed E-state index contributed by atoms with van der Waals surface area (Å²) in [4.78, 5) is 23.8. The highest BCUT2D eigenvalue weighted by Gasteiger charge is 2.26.